The summed E-state index contributed by atoms with van der Waals surface area (Å²) in [5.41, 5.74) is 4.00. The number of hydrogen-bond acceptors (Lipinski definition) is 6. The molecule has 0 spiro atoms. The predicted octanol–water partition coefficient (Wildman–Crippen LogP) is 5.23. The van der Waals surface area contributed by atoms with E-state index < -0.39 is 5.97 Å². The molecule has 8 heteroatoms. The highest BCUT2D eigenvalue weighted by atomic mass is 79.9. The van der Waals surface area contributed by atoms with Crippen molar-refractivity contribution in [2.45, 2.75) is 13.3 Å². The fourth-order valence-electron chi connectivity index (χ4n) is 2.78. The predicted molar refractivity (Wildman–Crippen MR) is 129 cm³/mol. The number of nitrogens with one attached hydrogen (secondary N) is 1. The standard InChI is InChI=1S/C25H23BrN2O5/c1-3-13-32-21-10-8-18(9-11-21)24(29)28-27-16-17-7-12-22(23(14-17)31-2)33-25(30)19-5-4-6-20(26)15-19/h4-12,14-16H,3,13H2,1-2H3,(H,28,29)/b27-16+. The SMILES string of the molecule is CCCOc1ccc(C(=O)N/N=C/c2ccc(OC(=O)c3cccc(Br)c3)c(OC)c2)cc1. The first-order valence-electron chi connectivity index (χ1n) is 10.2. The molecule has 3 rings (SSSR count). The fraction of sp³-hybridized carbons (Fsp3) is 0.160. The summed E-state index contributed by atoms with van der Waals surface area (Å²) in [4.78, 5) is 24.7. The fourth-order valence-corrected chi connectivity index (χ4v) is 3.17. The molecule has 0 fully saturated rings. The van der Waals surface area contributed by atoms with Crippen LogP contribution in [0.15, 0.2) is 76.3 Å². The van der Waals surface area contributed by atoms with Crippen molar-refractivity contribution >= 4 is 34.0 Å². The molecule has 1 amide bonds. The summed E-state index contributed by atoms with van der Waals surface area (Å²) in [6.45, 7) is 2.65. The van der Waals surface area contributed by atoms with Crippen molar-refractivity contribution in [3.05, 3.63) is 87.9 Å². The number of amides is 1. The second-order valence-electron chi connectivity index (χ2n) is 6.88. The van der Waals surface area contributed by atoms with Gasteiger partial charge in [-0.3, -0.25) is 4.79 Å². The molecular formula is C25H23BrN2O5. The molecule has 0 atom stereocenters. The number of carbonyl (C=O) groups excluding carboxylic acids is 2. The van der Waals surface area contributed by atoms with E-state index in [2.05, 4.69) is 26.5 Å². The second-order valence-corrected chi connectivity index (χ2v) is 7.80. The molecule has 0 radical (unpaired) electrons. The minimum absolute atomic E-state index is 0.272. The van der Waals surface area contributed by atoms with Crippen molar-refractivity contribution in [1.29, 1.82) is 0 Å². The Balaban J connectivity index is 1.62. The number of halogens is 1. The average Bonchev–Trinajstić information content (AvgIpc) is 2.83. The lowest BCUT2D eigenvalue weighted by molar-refractivity contribution is 0.0729. The van der Waals surface area contributed by atoms with Gasteiger partial charge in [0, 0.05) is 10.0 Å². The van der Waals surface area contributed by atoms with E-state index in [4.69, 9.17) is 14.2 Å². The van der Waals surface area contributed by atoms with Gasteiger partial charge in [-0.25, -0.2) is 10.2 Å². The lowest BCUT2D eigenvalue weighted by Gasteiger charge is -2.10. The summed E-state index contributed by atoms with van der Waals surface area (Å²) in [6, 6.07) is 18.7. The largest absolute Gasteiger partial charge is 0.494 e. The number of esters is 1. The third-order valence-corrected chi connectivity index (χ3v) is 4.91. The van der Waals surface area contributed by atoms with E-state index in [1.54, 1.807) is 60.7 Å². The van der Waals surface area contributed by atoms with Crippen molar-refractivity contribution in [2.24, 2.45) is 5.10 Å². The van der Waals surface area contributed by atoms with E-state index in [0.717, 1.165) is 10.9 Å². The number of rotatable bonds is 9. The third-order valence-electron chi connectivity index (χ3n) is 4.42. The van der Waals surface area contributed by atoms with Gasteiger partial charge in [0.05, 0.1) is 25.5 Å². The quantitative estimate of drug-likeness (QED) is 0.184. The summed E-state index contributed by atoms with van der Waals surface area (Å²) in [5, 5.41) is 3.99. The number of methoxy groups -OCH3 is 1. The van der Waals surface area contributed by atoms with Crippen LogP contribution in [0.4, 0.5) is 0 Å². The Morgan fingerprint density at radius 3 is 2.48 bits per heavy atom. The molecule has 0 aliphatic carbocycles. The zero-order chi connectivity index (χ0) is 23.6. The number of benzene rings is 3. The maximum atomic E-state index is 12.4. The summed E-state index contributed by atoms with van der Waals surface area (Å²) in [6.07, 6.45) is 2.38. The van der Waals surface area contributed by atoms with Crippen molar-refractivity contribution in [1.82, 2.24) is 5.43 Å². The Bertz CT molecular complexity index is 1150. The van der Waals surface area contributed by atoms with Crippen molar-refractivity contribution in [2.75, 3.05) is 13.7 Å². The first-order valence-corrected chi connectivity index (χ1v) is 11.0. The van der Waals surface area contributed by atoms with Crippen LogP contribution in [0, 0.1) is 0 Å². The molecule has 0 bridgehead atoms. The van der Waals surface area contributed by atoms with Gasteiger partial charge in [-0.05, 0) is 72.6 Å². The zero-order valence-corrected chi connectivity index (χ0v) is 19.8. The third kappa shape index (κ3) is 6.92. The topological polar surface area (TPSA) is 86.2 Å². The molecule has 33 heavy (non-hydrogen) atoms. The van der Waals surface area contributed by atoms with Crippen LogP contribution in [0.1, 0.15) is 39.6 Å². The molecule has 0 saturated carbocycles. The van der Waals surface area contributed by atoms with Crippen LogP contribution >= 0.6 is 15.9 Å². The van der Waals surface area contributed by atoms with E-state index in [9.17, 15) is 9.59 Å². The molecule has 0 heterocycles. The van der Waals surface area contributed by atoms with Crippen LogP contribution in [0.3, 0.4) is 0 Å². The average molecular weight is 511 g/mol. The molecular weight excluding hydrogens is 488 g/mol. The monoisotopic (exact) mass is 510 g/mol. The molecule has 0 aliphatic rings. The van der Waals surface area contributed by atoms with E-state index in [1.165, 1.54) is 13.3 Å². The Hall–Kier alpha value is -3.65. The van der Waals surface area contributed by atoms with E-state index in [1.807, 2.05) is 13.0 Å². The summed E-state index contributed by atoms with van der Waals surface area (Å²) < 4.78 is 17.1. The number of hydrazone groups is 1. The Morgan fingerprint density at radius 2 is 1.79 bits per heavy atom. The van der Waals surface area contributed by atoms with Crippen LogP contribution in [-0.4, -0.2) is 31.8 Å². The Morgan fingerprint density at radius 1 is 1.00 bits per heavy atom. The van der Waals surface area contributed by atoms with Crippen molar-refractivity contribution < 1.29 is 23.8 Å². The van der Waals surface area contributed by atoms with Crippen LogP contribution in [-0.2, 0) is 0 Å². The van der Waals surface area contributed by atoms with Gasteiger partial charge in [0.25, 0.3) is 5.91 Å². The van der Waals surface area contributed by atoms with Crippen LogP contribution in [0.25, 0.3) is 0 Å². The number of nitrogens with zero attached hydrogens (tertiary/aromatic N) is 1. The minimum atomic E-state index is -0.505. The summed E-state index contributed by atoms with van der Waals surface area (Å²) in [5.74, 6) is 0.490. The summed E-state index contributed by atoms with van der Waals surface area (Å²) >= 11 is 3.33. The Labute approximate surface area is 200 Å². The lowest BCUT2D eigenvalue weighted by atomic mass is 10.2. The van der Waals surface area contributed by atoms with Gasteiger partial charge in [-0.2, -0.15) is 5.10 Å². The molecule has 1 N–H and O–H groups in total. The highest BCUT2D eigenvalue weighted by Gasteiger charge is 2.13. The number of ether oxygens (including phenoxy) is 3. The maximum Gasteiger partial charge on any atom is 0.343 e. The molecule has 0 aromatic heterocycles. The van der Waals surface area contributed by atoms with E-state index in [0.29, 0.717) is 34.8 Å². The maximum absolute atomic E-state index is 12.4. The van der Waals surface area contributed by atoms with Gasteiger partial charge in [0.2, 0.25) is 0 Å². The van der Waals surface area contributed by atoms with E-state index >= 15 is 0 Å². The van der Waals surface area contributed by atoms with Gasteiger partial charge in [-0.15, -0.1) is 0 Å². The summed E-state index contributed by atoms with van der Waals surface area (Å²) in [7, 11) is 1.47. The molecule has 3 aromatic rings. The highest BCUT2D eigenvalue weighted by molar-refractivity contribution is 9.10. The van der Waals surface area contributed by atoms with Gasteiger partial charge >= 0.3 is 5.97 Å². The van der Waals surface area contributed by atoms with Crippen molar-refractivity contribution in [3.8, 4) is 17.2 Å². The number of carbonyl (C=O) groups is 2. The van der Waals surface area contributed by atoms with Crippen LogP contribution in [0.5, 0.6) is 17.2 Å². The van der Waals surface area contributed by atoms with Crippen LogP contribution < -0.4 is 19.6 Å². The molecule has 0 unspecified atom stereocenters. The molecule has 3 aromatic carbocycles. The lowest BCUT2D eigenvalue weighted by Crippen LogP contribution is -2.17. The van der Waals surface area contributed by atoms with Gasteiger partial charge < -0.3 is 14.2 Å². The minimum Gasteiger partial charge on any atom is -0.494 e. The zero-order valence-electron chi connectivity index (χ0n) is 18.2. The number of hydrogen-bond donors (Lipinski definition) is 1. The molecule has 0 aliphatic heterocycles. The Kier molecular flexibility index (Phi) is 8.60. The van der Waals surface area contributed by atoms with Gasteiger partial charge in [0.1, 0.15) is 5.75 Å². The van der Waals surface area contributed by atoms with E-state index in [-0.39, 0.29) is 11.7 Å². The first kappa shape index (κ1) is 24.0. The first-order chi connectivity index (χ1) is 16.0. The normalized spacial score (nSPS) is 10.6. The van der Waals surface area contributed by atoms with Gasteiger partial charge in [0.15, 0.2) is 11.5 Å². The molecule has 170 valence electrons. The second kappa shape index (κ2) is 11.8. The highest BCUT2D eigenvalue weighted by Crippen LogP contribution is 2.28. The van der Waals surface area contributed by atoms with Crippen LogP contribution in [0.2, 0.25) is 0 Å². The smallest absolute Gasteiger partial charge is 0.343 e. The van der Waals surface area contributed by atoms with Crippen molar-refractivity contribution in [3.63, 3.8) is 0 Å². The molecule has 7 nitrogen and oxygen atoms in total. The van der Waals surface area contributed by atoms with Gasteiger partial charge in [-0.1, -0.05) is 28.9 Å². The molecule has 0 saturated heterocycles.